The molecular formula is C15H14Cl2N4O. The highest BCUT2D eigenvalue weighted by Gasteiger charge is 2.30. The van der Waals surface area contributed by atoms with Gasteiger partial charge in [-0.15, -0.1) is 0 Å². The summed E-state index contributed by atoms with van der Waals surface area (Å²) >= 11 is 12.9. The van der Waals surface area contributed by atoms with Crippen LogP contribution in [0.3, 0.4) is 0 Å². The Labute approximate surface area is 138 Å². The zero-order chi connectivity index (χ0) is 15.7. The lowest BCUT2D eigenvalue weighted by Gasteiger charge is -2.22. The maximum atomic E-state index is 6.44. The molecule has 0 radical (unpaired) electrons. The number of ether oxygens (including phenoxy) is 1. The first kappa shape index (κ1) is 15.1. The molecular weight excluding hydrogens is 323 g/mol. The highest BCUT2D eigenvalue weighted by molar-refractivity contribution is 6.39. The van der Waals surface area contributed by atoms with E-state index in [4.69, 9.17) is 33.7 Å². The van der Waals surface area contributed by atoms with Crippen molar-refractivity contribution in [2.45, 2.75) is 5.79 Å². The van der Waals surface area contributed by atoms with E-state index in [0.717, 1.165) is 5.56 Å². The van der Waals surface area contributed by atoms with Gasteiger partial charge in [0.05, 0.1) is 17.2 Å². The molecule has 0 aromatic heterocycles. The molecule has 114 valence electrons. The molecule has 4 N–H and O–H groups in total. The Kier molecular flexibility index (Phi) is 3.97. The fraction of sp³-hybridized carbons (Fsp3) is 0.133. The highest BCUT2D eigenvalue weighted by atomic mass is 35.5. The van der Waals surface area contributed by atoms with Crippen LogP contribution in [-0.2, 0) is 5.79 Å². The van der Waals surface area contributed by atoms with E-state index in [0.29, 0.717) is 26.9 Å². The number of methoxy groups -OCH3 is 1. The lowest BCUT2D eigenvalue weighted by atomic mass is 10.0. The third kappa shape index (κ3) is 2.53. The van der Waals surface area contributed by atoms with Crippen molar-refractivity contribution in [3.8, 4) is 16.9 Å². The second-order valence-electron chi connectivity index (χ2n) is 4.81. The lowest BCUT2D eigenvalue weighted by molar-refractivity contribution is 0.375. The Morgan fingerprint density at radius 1 is 1.18 bits per heavy atom. The van der Waals surface area contributed by atoms with Crippen LogP contribution in [0.5, 0.6) is 5.75 Å². The van der Waals surface area contributed by atoms with Gasteiger partial charge in [-0.1, -0.05) is 41.4 Å². The molecule has 1 atom stereocenters. The third-order valence-corrected chi connectivity index (χ3v) is 4.05. The summed E-state index contributed by atoms with van der Waals surface area (Å²) < 4.78 is 5.37. The molecule has 5 nitrogen and oxygen atoms in total. The van der Waals surface area contributed by atoms with E-state index in [9.17, 15) is 0 Å². The fourth-order valence-corrected chi connectivity index (χ4v) is 3.05. The highest BCUT2D eigenvalue weighted by Crippen LogP contribution is 2.41. The summed E-state index contributed by atoms with van der Waals surface area (Å²) in [5.74, 6) is -0.396. The Morgan fingerprint density at radius 3 is 2.45 bits per heavy atom. The van der Waals surface area contributed by atoms with E-state index in [2.05, 4.69) is 15.8 Å². The molecule has 1 aliphatic heterocycles. The molecule has 0 saturated carbocycles. The summed E-state index contributed by atoms with van der Waals surface area (Å²) in [6.45, 7) is 0. The molecule has 0 bridgehead atoms. The Morgan fingerprint density at radius 2 is 1.86 bits per heavy atom. The van der Waals surface area contributed by atoms with E-state index in [1.165, 1.54) is 6.34 Å². The Bertz CT molecular complexity index is 727. The van der Waals surface area contributed by atoms with Gasteiger partial charge in [0.1, 0.15) is 12.1 Å². The number of hydrogen-bond acceptors (Lipinski definition) is 5. The van der Waals surface area contributed by atoms with Crippen LogP contribution in [0, 0.1) is 0 Å². The van der Waals surface area contributed by atoms with E-state index >= 15 is 0 Å². The van der Waals surface area contributed by atoms with E-state index in [1.807, 2.05) is 24.3 Å². The van der Waals surface area contributed by atoms with Crippen molar-refractivity contribution in [2.24, 2.45) is 10.7 Å². The number of nitrogens with zero attached hydrogens (tertiary/aromatic N) is 1. The van der Waals surface area contributed by atoms with E-state index in [1.54, 1.807) is 19.2 Å². The van der Waals surface area contributed by atoms with Gasteiger partial charge in [-0.25, -0.2) is 4.99 Å². The lowest BCUT2D eigenvalue weighted by Crippen LogP contribution is -2.49. The minimum Gasteiger partial charge on any atom is -0.496 e. The topological polar surface area (TPSA) is 71.7 Å². The van der Waals surface area contributed by atoms with E-state index in [-0.39, 0.29) is 0 Å². The number of benzene rings is 2. The van der Waals surface area contributed by atoms with Crippen molar-refractivity contribution in [3.63, 3.8) is 0 Å². The van der Waals surface area contributed by atoms with Crippen molar-refractivity contribution < 1.29 is 4.74 Å². The number of nitrogens with one attached hydrogen (secondary N) is 2. The number of aliphatic imine (C=N–C) groups is 1. The van der Waals surface area contributed by atoms with Gasteiger partial charge >= 0.3 is 0 Å². The molecule has 3 rings (SSSR count). The molecule has 1 heterocycles. The number of para-hydroxylation sites is 1. The molecule has 0 spiro atoms. The van der Waals surface area contributed by atoms with Gasteiger partial charge < -0.3 is 10.2 Å². The van der Waals surface area contributed by atoms with Crippen LogP contribution in [0.1, 0.15) is 5.56 Å². The maximum Gasteiger partial charge on any atom is 0.206 e. The molecule has 7 heteroatoms. The molecule has 2 aromatic rings. The summed E-state index contributed by atoms with van der Waals surface area (Å²) in [5.41, 5.74) is 13.9. The Hall–Kier alpha value is -1.79. The zero-order valence-electron chi connectivity index (χ0n) is 11.7. The number of hydrazine groups is 1. The van der Waals surface area contributed by atoms with Crippen LogP contribution in [0.4, 0.5) is 0 Å². The second kappa shape index (κ2) is 5.78. The number of halogens is 2. The van der Waals surface area contributed by atoms with Crippen molar-refractivity contribution in [1.82, 2.24) is 10.9 Å². The van der Waals surface area contributed by atoms with Crippen molar-refractivity contribution in [2.75, 3.05) is 7.11 Å². The van der Waals surface area contributed by atoms with Gasteiger partial charge in [0.15, 0.2) is 0 Å². The minimum absolute atomic E-state index is 0.473. The quantitative estimate of drug-likeness (QED) is 0.805. The average molecular weight is 337 g/mol. The summed E-state index contributed by atoms with van der Waals surface area (Å²) in [7, 11) is 1.60. The third-order valence-electron chi connectivity index (χ3n) is 3.45. The standard InChI is InChI=1S/C15H14Cl2N4O/c1-22-13-5-3-2-4-10(13)14-11(16)6-9(7-12(14)17)15(18)19-8-20-21-15/h2-8,21H,18H2,1H3,(H,19,20). The van der Waals surface area contributed by atoms with Crippen molar-refractivity contribution >= 4 is 29.5 Å². The van der Waals surface area contributed by atoms with Gasteiger partial charge in [0.25, 0.3) is 0 Å². The molecule has 0 saturated heterocycles. The van der Waals surface area contributed by atoms with Gasteiger partial charge in [0, 0.05) is 16.7 Å². The maximum absolute atomic E-state index is 6.44. The first-order chi connectivity index (χ1) is 10.5. The predicted molar refractivity (Wildman–Crippen MR) is 89.1 cm³/mol. The van der Waals surface area contributed by atoms with Gasteiger partial charge in [-0.3, -0.25) is 5.73 Å². The first-order valence-corrected chi connectivity index (χ1v) is 7.29. The summed E-state index contributed by atoms with van der Waals surface area (Å²) in [6.07, 6.45) is 1.48. The predicted octanol–water partition coefficient (Wildman–Crippen LogP) is 2.87. The van der Waals surface area contributed by atoms with Crippen LogP contribution in [0.15, 0.2) is 41.4 Å². The largest absolute Gasteiger partial charge is 0.496 e. The minimum atomic E-state index is -1.09. The molecule has 0 fully saturated rings. The van der Waals surface area contributed by atoms with Crippen LogP contribution < -0.4 is 21.3 Å². The van der Waals surface area contributed by atoms with Gasteiger partial charge in [-0.2, -0.15) is 5.43 Å². The fourth-order valence-electron chi connectivity index (χ4n) is 2.36. The molecule has 2 aromatic carbocycles. The average Bonchev–Trinajstić information content (AvgIpc) is 2.95. The second-order valence-corrected chi connectivity index (χ2v) is 5.62. The number of nitrogens with two attached hydrogens (primary N) is 1. The smallest absolute Gasteiger partial charge is 0.206 e. The van der Waals surface area contributed by atoms with Crippen LogP contribution in [0.2, 0.25) is 10.0 Å². The van der Waals surface area contributed by atoms with Gasteiger partial charge in [0.2, 0.25) is 5.79 Å². The Balaban J connectivity index is 2.13. The molecule has 0 aliphatic carbocycles. The molecule has 22 heavy (non-hydrogen) atoms. The summed E-state index contributed by atoms with van der Waals surface area (Å²) in [5, 5.41) is 0.946. The summed E-state index contributed by atoms with van der Waals surface area (Å²) in [4.78, 5) is 4.14. The van der Waals surface area contributed by atoms with Crippen LogP contribution in [-0.4, -0.2) is 13.4 Å². The van der Waals surface area contributed by atoms with Crippen molar-refractivity contribution in [1.29, 1.82) is 0 Å². The van der Waals surface area contributed by atoms with Crippen molar-refractivity contribution in [3.05, 3.63) is 52.0 Å². The van der Waals surface area contributed by atoms with Crippen LogP contribution >= 0.6 is 23.2 Å². The molecule has 0 amide bonds. The molecule has 1 aliphatic rings. The van der Waals surface area contributed by atoms with Gasteiger partial charge in [-0.05, 0) is 18.2 Å². The number of rotatable bonds is 3. The number of hydrogen-bond donors (Lipinski definition) is 3. The van der Waals surface area contributed by atoms with Crippen LogP contribution in [0.25, 0.3) is 11.1 Å². The SMILES string of the molecule is COc1ccccc1-c1c(Cl)cc(C2(N)N=CNN2)cc1Cl. The molecule has 1 unspecified atom stereocenters. The monoisotopic (exact) mass is 336 g/mol. The first-order valence-electron chi connectivity index (χ1n) is 6.53. The zero-order valence-corrected chi connectivity index (χ0v) is 13.2. The van der Waals surface area contributed by atoms with E-state index < -0.39 is 5.79 Å². The normalized spacial score (nSPS) is 20.0. The summed E-state index contributed by atoms with van der Waals surface area (Å²) in [6, 6.07) is 11.0.